The summed E-state index contributed by atoms with van der Waals surface area (Å²) in [5.74, 6) is 0.947. The third kappa shape index (κ3) is 4.38. The monoisotopic (exact) mass is 462 g/mol. The van der Waals surface area contributed by atoms with Gasteiger partial charge in [-0.05, 0) is 49.2 Å². The molecule has 0 atom stereocenters. The number of hydrogen-bond acceptors (Lipinski definition) is 7. The highest BCUT2D eigenvalue weighted by Crippen LogP contribution is 2.36. The van der Waals surface area contributed by atoms with Gasteiger partial charge in [0.25, 0.3) is 0 Å². The van der Waals surface area contributed by atoms with Gasteiger partial charge >= 0.3 is 0 Å². The van der Waals surface area contributed by atoms with E-state index < -0.39 is 20.9 Å². The summed E-state index contributed by atoms with van der Waals surface area (Å²) in [4.78, 5) is 7.04. The summed E-state index contributed by atoms with van der Waals surface area (Å²) in [7, 11) is -0.261. The quantitative estimate of drug-likeness (QED) is 0.506. The van der Waals surface area contributed by atoms with E-state index in [4.69, 9.17) is 14.5 Å². The Morgan fingerprint density at radius 3 is 2.42 bits per heavy atom. The molecule has 1 fully saturated rings. The Labute approximate surface area is 185 Å². The van der Waals surface area contributed by atoms with Crippen molar-refractivity contribution in [1.82, 2.24) is 4.98 Å². The number of benzene rings is 2. The van der Waals surface area contributed by atoms with E-state index >= 15 is 0 Å². The number of hydrogen-bond donors (Lipinski definition) is 0. The number of piperidine rings is 1. The van der Waals surface area contributed by atoms with Crippen LogP contribution in [0.25, 0.3) is 11.3 Å². The van der Waals surface area contributed by atoms with Crippen molar-refractivity contribution in [2.24, 2.45) is 0 Å². The first-order valence-electron chi connectivity index (χ1n) is 9.84. The van der Waals surface area contributed by atoms with E-state index in [9.17, 15) is 12.8 Å². The maximum atomic E-state index is 13.1. The number of rotatable bonds is 6. The third-order valence-corrected chi connectivity index (χ3v) is 8.65. The number of anilines is 1. The van der Waals surface area contributed by atoms with Crippen LogP contribution in [0.15, 0.2) is 52.7 Å². The van der Waals surface area contributed by atoms with Gasteiger partial charge in [-0.3, -0.25) is 0 Å². The van der Waals surface area contributed by atoms with Gasteiger partial charge in [0, 0.05) is 30.1 Å². The van der Waals surface area contributed by atoms with Crippen molar-refractivity contribution in [3.05, 3.63) is 53.7 Å². The molecule has 31 heavy (non-hydrogen) atoms. The summed E-state index contributed by atoms with van der Waals surface area (Å²) in [6.07, 6.45) is 1.00. The first-order chi connectivity index (χ1) is 14.9. The van der Waals surface area contributed by atoms with Gasteiger partial charge in [-0.15, -0.1) is 11.3 Å². The molecule has 2 heterocycles. The molecule has 3 aromatic rings. The Morgan fingerprint density at radius 2 is 1.77 bits per heavy atom. The lowest BCUT2D eigenvalue weighted by Crippen LogP contribution is -2.39. The van der Waals surface area contributed by atoms with Crippen LogP contribution in [0, 0.1) is 5.82 Å². The predicted octanol–water partition coefficient (Wildman–Crippen LogP) is 4.41. The molecule has 0 amide bonds. The second kappa shape index (κ2) is 8.84. The van der Waals surface area contributed by atoms with E-state index in [0.29, 0.717) is 37.4 Å². The summed E-state index contributed by atoms with van der Waals surface area (Å²) in [6.45, 7) is 1.19. The maximum absolute atomic E-state index is 13.1. The average Bonchev–Trinajstić information content (AvgIpc) is 3.29. The summed E-state index contributed by atoms with van der Waals surface area (Å²) in [5, 5.41) is 2.35. The molecule has 0 radical (unpaired) electrons. The number of thiazole rings is 1. The van der Waals surface area contributed by atoms with Crippen LogP contribution < -0.4 is 14.4 Å². The van der Waals surface area contributed by atoms with Gasteiger partial charge < -0.3 is 14.4 Å². The fourth-order valence-electron chi connectivity index (χ4n) is 3.72. The maximum Gasteiger partial charge on any atom is 0.185 e. The van der Waals surface area contributed by atoms with Crippen LogP contribution in [-0.4, -0.2) is 46.0 Å². The lowest BCUT2D eigenvalue weighted by molar-refractivity contribution is 0.395. The number of halogens is 1. The molecule has 0 spiro atoms. The van der Waals surface area contributed by atoms with E-state index in [0.717, 1.165) is 16.4 Å². The van der Waals surface area contributed by atoms with Crippen molar-refractivity contribution in [2.45, 2.75) is 23.0 Å². The number of methoxy groups -OCH3 is 2. The average molecular weight is 463 g/mol. The van der Waals surface area contributed by atoms with Crippen molar-refractivity contribution in [2.75, 3.05) is 32.2 Å². The van der Waals surface area contributed by atoms with Gasteiger partial charge in [-0.2, -0.15) is 0 Å². The zero-order chi connectivity index (χ0) is 22.0. The van der Waals surface area contributed by atoms with Gasteiger partial charge in [0.05, 0.1) is 30.1 Å². The van der Waals surface area contributed by atoms with Crippen molar-refractivity contribution >= 4 is 26.3 Å². The highest BCUT2D eigenvalue weighted by Gasteiger charge is 2.32. The number of nitrogens with zero attached hydrogens (tertiary/aromatic N) is 2. The molecule has 0 saturated carbocycles. The van der Waals surface area contributed by atoms with Crippen LogP contribution in [-0.2, 0) is 9.84 Å². The first-order valence-corrected chi connectivity index (χ1v) is 12.3. The van der Waals surface area contributed by atoms with Crippen molar-refractivity contribution in [3.63, 3.8) is 0 Å². The van der Waals surface area contributed by atoms with Gasteiger partial charge in [-0.25, -0.2) is 17.8 Å². The standard InChI is InChI=1S/C22H23FN2O4S2/c1-28-16-5-8-19(21(13-16)29-2)20-14-30-22(24-20)25-11-9-18(10-12-25)31(26,27)17-6-3-15(23)4-7-17/h3-8,13-14,18H,9-12H2,1-2H3. The van der Waals surface area contributed by atoms with Crippen LogP contribution in [0.1, 0.15) is 12.8 Å². The van der Waals surface area contributed by atoms with Crippen molar-refractivity contribution < 1.29 is 22.3 Å². The Hall–Kier alpha value is -2.65. The SMILES string of the molecule is COc1ccc(-c2csc(N3CCC(S(=O)(=O)c4ccc(F)cc4)CC3)n2)c(OC)c1. The highest BCUT2D eigenvalue weighted by molar-refractivity contribution is 7.92. The van der Waals surface area contributed by atoms with E-state index in [2.05, 4.69) is 4.90 Å². The summed E-state index contributed by atoms with van der Waals surface area (Å²) >= 11 is 1.52. The Bertz CT molecular complexity index is 1150. The molecular formula is C22H23FN2O4S2. The zero-order valence-electron chi connectivity index (χ0n) is 17.2. The Morgan fingerprint density at radius 1 is 1.06 bits per heavy atom. The molecule has 9 heteroatoms. The van der Waals surface area contributed by atoms with Crippen molar-refractivity contribution in [3.8, 4) is 22.8 Å². The molecule has 0 bridgehead atoms. The fraction of sp³-hybridized carbons (Fsp3) is 0.318. The second-order valence-electron chi connectivity index (χ2n) is 7.27. The first kappa shape index (κ1) is 21.6. The lowest BCUT2D eigenvalue weighted by atomic mass is 10.1. The molecule has 0 N–H and O–H groups in total. The molecule has 1 aromatic heterocycles. The Balaban J connectivity index is 1.47. The second-order valence-corrected chi connectivity index (χ2v) is 10.3. The molecular weight excluding hydrogens is 439 g/mol. The van der Waals surface area contributed by atoms with E-state index in [1.54, 1.807) is 14.2 Å². The lowest BCUT2D eigenvalue weighted by Gasteiger charge is -2.31. The summed E-state index contributed by atoms with van der Waals surface area (Å²) < 4.78 is 49.6. The summed E-state index contributed by atoms with van der Waals surface area (Å²) in [6, 6.07) is 10.7. The molecule has 2 aromatic carbocycles. The predicted molar refractivity (Wildman–Crippen MR) is 119 cm³/mol. The van der Waals surface area contributed by atoms with Crippen LogP contribution in [0.4, 0.5) is 9.52 Å². The minimum Gasteiger partial charge on any atom is -0.497 e. The molecule has 6 nitrogen and oxygen atoms in total. The molecule has 4 rings (SSSR count). The van der Waals surface area contributed by atoms with Crippen LogP contribution in [0.3, 0.4) is 0 Å². The fourth-order valence-corrected chi connectivity index (χ4v) is 6.33. The van der Waals surface area contributed by atoms with Gasteiger partial charge in [-0.1, -0.05) is 0 Å². The van der Waals surface area contributed by atoms with Crippen LogP contribution in [0.2, 0.25) is 0 Å². The molecule has 164 valence electrons. The van der Waals surface area contributed by atoms with E-state index in [-0.39, 0.29) is 4.90 Å². The van der Waals surface area contributed by atoms with Crippen LogP contribution >= 0.6 is 11.3 Å². The minimum absolute atomic E-state index is 0.176. The van der Waals surface area contributed by atoms with Gasteiger partial charge in [0.15, 0.2) is 15.0 Å². The number of ether oxygens (including phenoxy) is 2. The van der Waals surface area contributed by atoms with Crippen molar-refractivity contribution in [1.29, 1.82) is 0 Å². The zero-order valence-corrected chi connectivity index (χ0v) is 18.9. The van der Waals surface area contributed by atoms with E-state index in [1.165, 1.54) is 35.6 Å². The van der Waals surface area contributed by atoms with Gasteiger partial charge in [0.2, 0.25) is 0 Å². The molecule has 0 aliphatic carbocycles. The third-order valence-electron chi connectivity index (χ3n) is 5.47. The van der Waals surface area contributed by atoms with E-state index in [1.807, 2.05) is 23.6 Å². The molecule has 1 aliphatic heterocycles. The van der Waals surface area contributed by atoms with Crippen LogP contribution in [0.5, 0.6) is 11.5 Å². The van der Waals surface area contributed by atoms with Gasteiger partial charge in [0.1, 0.15) is 17.3 Å². The Kier molecular flexibility index (Phi) is 6.15. The molecule has 1 aliphatic rings. The largest absolute Gasteiger partial charge is 0.497 e. The smallest absolute Gasteiger partial charge is 0.185 e. The highest BCUT2D eigenvalue weighted by atomic mass is 32.2. The minimum atomic E-state index is -3.48. The number of aromatic nitrogens is 1. The topological polar surface area (TPSA) is 68.7 Å². The molecule has 1 saturated heterocycles. The molecule has 0 unspecified atom stereocenters. The summed E-state index contributed by atoms with van der Waals surface area (Å²) in [5.41, 5.74) is 1.68. The normalized spacial score (nSPS) is 15.1. The number of sulfone groups is 1.